The first-order valence-electron chi connectivity index (χ1n) is 8.22. The molecule has 1 amide bonds. The number of fused-ring (bicyclic) bond motifs is 1. The van der Waals surface area contributed by atoms with E-state index in [9.17, 15) is 9.18 Å². The van der Waals surface area contributed by atoms with Gasteiger partial charge in [-0.1, -0.05) is 6.07 Å². The number of nitrogens with zero attached hydrogens (tertiary/aromatic N) is 1. The maximum atomic E-state index is 14.0. The Hall–Kier alpha value is -2.47. The van der Waals surface area contributed by atoms with Crippen molar-refractivity contribution in [2.45, 2.75) is 0 Å². The second-order valence-electron chi connectivity index (χ2n) is 5.97. The predicted octanol–water partition coefficient (Wildman–Crippen LogP) is 3.78. The first-order chi connectivity index (χ1) is 12.2. The highest BCUT2D eigenvalue weighted by atomic mass is 32.2. The van der Waals surface area contributed by atoms with Gasteiger partial charge in [0, 0.05) is 47.7 Å². The van der Waals surface area contributed by atoms with Gasteiger partial charge in [-0.2, -0.15) is 11.8 Å². The van der Waals surface area contributed by atoms with Gasteiger partial charge in [-0.3, -0.25) is 4.79 Å². The van der Waals surface area contributed by atoms with Crippen LogP contribution in [0.3, 0.4) is 0 Å². The Morgan fingerprint density at radius 2 is 1.88 bits per heavy atom. The summed E-state index contributed by atoms with van der Waals surface area (Å²) in [5.41, 5.74) is 3.21. The van der Waals surface area contributed by atoms with Gasteiger partial charge >= 0.3 is 0 Å². The molecule has 2 aliphatic rings. The fourth-order valence-electron chi connectivity index (χ4n) is 3.09. The molecular formula is C19H18FN3OS. The van der Waals surface area contributed by atoms with E-state index in [-0.39, 0.29) is 5.91 Å². The molecule has 0 atom stereocenters. The van der Waals surface area contributed by atoms with Crippen molar-refractivity contribution in [3.05, 3.63) is 60.0 Å². The number of amides is 1. The minimum Gasteiger partial charge on any atom is -0.370 e. The van der Waals surface area contributed by atoms with Crippen molar-refractivity contribution in [2.24, 2.45) is 0 Å². The molecule has 2 aromatic rings. The lowest BCUT2D eigenvalue weighted by Crippen LogP contribution is -2.32. The first kappa shape index (κ1) is 16.0. The molecule has 0 radical (unpaired) electrons. The van der Waals surface area contributed by atoms with E-state index in [1.165, 1.54) is 11.8 Å². The van der Waals surface area contributed by atoms with Gasteiger partial charge in [0.25, 0.3) is 5.91 Å². The highest BCUT2D eigenvalue weighted by molar-refractivity contribution is 7.99. The summed E-state index contributed by atoms with van der Waals surface area (Å²) < 4.78 is 14.0. The van der Waals surface area contributed by atoms with Gasteiger partial charge < -0.3 is 15.5 Å². The molecule has 2 heterocycles. The summed E-state index contributed by atoms with van der Waals surface area (Å²) in [5, 5.41) is 5.78. The van der Waals surface area contributed by atoms with Crippen LogP contribution < -0.4 is 15.5 Å². The third-order valence-electron chi connectivity index (χ3n) is 4.40. The van der Waals surface area contributed by atoms with Crippen molar-refractivity contribution in [3.8, 4) is 0 Å². The van der Waals surface area contributed by atoms with Crippen LogP contribution in [0.1, 0.15) is 5.56 Å². The van der Waals surface area contributed by atoms with Crippen molar-refractivity contribution in [2.75, 3.05) is 40.1 Å². The SMILES string of the molecule is O=C1Nc2cccc(F)c2C1=CNc1ccc(N2CCSCC2)cc1. The maximum Gasteiger partial charge on any atom is 0.257 e. The Kier molecular flexibility index (Phi) is 4.36. The monoisotopic (exact) mass is 355 g/mol. The Morgan fingerprint density at radius 1 is 1.12 bits per heavy atom. The van der Waals surface area contributed by atoms with Crippen LogP contribution in [-0.4, -0.2) is 30.5 Å². The van der Waals surface area contributed by atoms with Crippen LogP contribution in [-0.2, 0) is 4.79 Å². The van der Waals surface area contributed by atoms with E-state index < -0.39 is 5.82 Å². The van der Waals surface area contributed by atoms with Crippen molar-refractivity contribution in [1.82, 2.24) is 0 Å². The molecule has 2 aromatic carbocycles. The van der Waals surface area contributed by atoms with E-state index >= 15 is 0 Å². The van der Waals surface area contributed by atoms with Gasteiger partial charge in [-0.15, -0.1) is 0 Å². The summed E-state index contributed by atoms with van der Waals surface area (Å²) in [5.74, 6) is 1.62. The smallest absolute Gasteiger partial charge is 0.257 e. The molecule has 0 aliphatic carbocycles. The average Bonchev–Trinajstić information content (AvgIpc) is 2.98. The number of rotatable bonds is 3. The summed E-state index contributed by atoms with van der Waals surface area (Å²) in [4.78, 5) is 14.4. The number of hydrogen-bond donors (Lipinski definition) is 2. The highest BCUT2D eigenvalue weighted by Gasteiger charge is 2.27. The molecule has 128 valence electrons. The van der Waals surface area contributed by atoms with Crippen LogP contribution in [0.4, 0.5) is 21.5 Å². The molecule has 0 unspecified atom stereocenters. The zero-order chi connectivity index (χ0) is 17.2. The van der Waals surface area contributed by atoms with Crippen LogP contribution in [0.25, 0.3) is 5.57 Å². The van der Waals surface area contributed by atoms with Crippen LogP contribution >= 0.6 is 11.8 Å². The van der Waals surface area contributed by atoms with E-state index in [0.717, 1.165) is 30.3 Å². The summed E-state index contributed by atoms with van der Waals surface area (Å²) in [6, 6.07) is 12.7. The van der Waals surface area contributed by atoms with Gasteiger partial charge in [0.05, 0.1) is 11.3 Å². The van der Waals surface area contributed by atoms with Crippen molar-refractivity contribution < 1.29 is 9.18 Å². The molecule has 1 fully saturated rings. The van der Waals surface area contributed by atoms with Crippen molar-refractivity contribution in [3.63, 3.8) is 0 Å². The molecule has 0 spiro atoms. The van der Waals surface area contributed by atoms with E-state index in [1.807, 2.05) is 23.9 Å². The van der Waals surface area contributed by atoms with Crippen molar-refractivity contribution >= 4 is 40.3 Å². The van der Waals surface area contributed by atoms with E-state index in [1.54, 1.807) is 18.3 Å². The quantitative estimate of drug-likeness (QED) is 0.823. The zero-order valence-electron chi connectivity index (χ0n) is 13.6. The molecule has 2 N–H and O–H groups in total. The second kappa shape index (κ2) is 6.80. The van der Waals surface area contributed by atoms with Crippen molar-refractivity contribution in [1.29, 1.82) is 0 Å². The number of benzene rings is 2. The summed E-state index contributed by atoms with van der Waals surface area (Å²) >= 11 is 1.98. The molecular weight excluding hydrogens is 337 g/mol. The van der Waals surface area contributed by atoms with Crippen LogP contribution in [0.2, 0.25) is 0 Å². The lowest BCUT2D eigenvalue weighted by atomic mass is 10.1. The lowest BCUT2D eigenvalue weighted by Gasteiger charge is -2.28. The molecule has 1 saturated heterocycles. The number of carbonyl (C=O) groups is 1. The second-order valence-corrected chi connectivity index (χ2v) is 7.19. The topological polar surface area (TPSA) is 44.4 Å². The van der Waals surface area contributed by atoms with Gasteiger partial charge in [-0.25, -0.2) is 4.39 Å². The first-order valence-corrected chi connectivity index (χ1v) is 9.37. The van der Waals surface area contributed by atoms with E-state index in [4.69, 9.17) is 0 Å². The minimum absolute atomic E-state index is 0.296. The molecule has 4 nitrogen and oxygen atoms in total. The fraction of sp³-hybridized carbons (Fsp3) is 0.211. The molecule has 0 saturated carbocycles. The van der Waals surface area contributed by atoms with Gasteiger partial charge in [0.15, 0.2) is 0 Å². The molecule has 0 aromatic heterocycles. The number of halogens is 1. The number of anilines is 3. The zero-order valence-corrected chi connectivity index (χ0v) is 14.4. The van der Waals surface area contributed by atoms with Gasteiger partial charge in [-0.05, 0) is 36.4 Å². The Labute approximate surface area is 150 Å². The summed E-state index contributed by atoms with van der Waals surface area (Å²) in [6.07, 6.45) is 1.57. The maximum absolute atomic E-state index is 14.0. The third kappa shape index (κ3) is 3.22. The Bertz CT molecular complexity index is 829. The number of thioether (sulfide) groups is 1. The minimum atomic E-state index is -0.401. The van der Waals surface area contributed by atoms with E-state index in [2.05, 4.69) is 27.7 Å². The molecule has 25 heavy (non-hydrogen) atoms. The summed E-state index contributed by atoms with van der Waals surface area (Å²) in [7, 11) is 0. The largest absolute Gasteiger partial charge is 0.370 e. The summed E-state index contributed by atoms with van der Waals surface area (Å²) in [6.45, 7) is 2.13. The predicted molar refractivity (Wildman–Crippen MR) is 103 cm³/mol. The molecule has 0 bridgehead atoms. The highest BCUT2D eigenvalue weighted by Crippen LogP contribution is 2.33. The normalized spacial score (nSPS) is 18.2. The van der Waals surface area contributed by atoms with Crippen LogP contribution in [0.15, 0.2) is 48.7 Å². The number of nitrogens with one attached hydrogen (secondary N) is 2. The van der Waals surface area contributed by atoms with Gasteiger partial charge in [0.2, 0.25) is 0 Å². The van der Waals surface area contributed by atoms with Crippen LogP contribution in [0, 0.1) is 5.82 Å². The van der Waals surface area contributed by atoms with E-state index in [0.29, 0.717) is 16.8 Å². The molecule has 2 aliphatic heterocycles. The number of hydrogen-bond acceptors (Lipinski definition) is 4. The fourth-order valence-corrected chi connectivity index (χ4v) is 3.99. The Balaban J connectivity index is 1.51. The number of carbonyl (C=O) groups excluding carboxylic acids is 1. The third-order valence-corrected chi connectivity index (χ3v) is 5.34. The molecule has 6 heteroatoms. The standard InChI is InChI=1S/C19H18FN3OS/c20-16-2-1-3-17-18(16)15(19(24)22-17)12-21-13-4-6-14(7-5-13)23-8-10-25-11-9-23/h1-7,12,21H,8-11H2,(H,22,24). The Morgan fingerprint density at radius 3 is 2.64 bits per heavy atom. The van der Waals surface area contributed by atoms with Crippen LogP contribution in [0.5, 0.6) is 0 Å². The lowest BCUT2D eigenvalue weighted by molar-refractivity contribution is -0.110. The molecule has 4 rings (SSSR count). The van der Waals surface area contributed by atoms with Gasteiger partial charge in [0.1, 0.15) is 5.82 Å². The average molecular weight is 355 g/mol.